The molecule has 1 aromatic rings. The summed E-state index contributed by atoms with van der Waals surface area (Å²) in [6, 6.07) is 0.689. The molecule has 0 aliphatic rings. The fourth-order valence-electron chi connectivity index (χ4n) is 1.04. The normalized spacial score (nSPS) is 11.9. The van der Waals surface area contributed by atoms with Gasteiger partial charge < -0.3 is 15.3 Å². The van der Waals surface area contributed by atoms with Crippen molar-refractivity contribution >= 4 is 23.3 Å². The number of carboxylic acids is 1. The predicted octanol–water partition coefficient (Wildman–Crippen LogP) is 1.36. The van der Waals surface area contributed by atoms with Gasteiger partial charge in [-0.25, -0.2) is 9.59 Å². The molecule has 0 aromatic carbocycles. The Morgan fingerprint density at radius 3 is 2.81 bits per heavy atom. The summed E-state index contributed by atoms with van der Waals surface area (Å²) in [5.41, 5.74) is 1.01. The molecule has 0 radical (unpaired) electrons. The Balaban J connectivity index is 2.43. The molecular weight excluding hydrogens is 228 g/mol. The number of rotatable bonds is 4. The molecule has 1 aromatic heterocycles. The van der Waals surface area contributed by atoms with Crippen LogP contribution in [-0.4, -0.2) is 35.1 Å². The molecule has 0 saturated carbocycles. The molecule has 16 heavy (non-hydrogen) atoms. The van der Waals surface area contributed by atoms with Gasteiger partial charge in [0.2, 0.25) is 0 Å². The van der Waals surface area contributed by atoms with Gasteiger partial charge in [-0.05, 0) is 29.3 Å². The van der Waals surface area contributed by atoms with Crippen LogP contribution < -0.4 is 5.32 Å². The summed E-state index contributed by atoms with van der Waals surface area (Å²) in [5, 5.41) is 15.2. The average Bonchev–Trinajstić information content (AvgIpc) is 2.76. The van der Waals surface area contributed by atoms with E-state index < -0.39 is 12.0 Å². The molecule has 6 heteroatoms. The van der Waals surface area contributed by atoms with E-state index in [2.05, 4.69) is 5.32 Å². The highest BCUT2D eigenvalue weighted by atomic mass is 32.1. The fourth-order valence-corrected chi connectivity index (χ4v) is 1.71. The quantitative estimate of drug-likeness (QED) is 0.837. The molecule has 2 N–H and O–H groups in total. The van der Waals surface area contributed by atoms with Gasteiger partial charge in [-0.2, -0.15) is 11.3 Å². The van der Waals surface area contributed by atoms with Crippen LogP contribution in [0.15, 0.2) is 16.8 Å². The molecule has 0 fully saturated rings. The molecule has 0 spiro atoms. The second-order valence-electron chi connectivity index (χ2n) is 3.42. The van der Waals surface area contributed by atoms with Gasteiger partial charge in [-0.15, -0.1) is 0 Å². The molecular formula is C10H14N2O3S. The van der Waals surface area contributed by atoms with Crippen molar-refractivity contribution in [1.29, 1.82) is 0 Å². The first-order chi connectivity index (χ1) is 7.52. The minimum absolute atomic E-state index is 0.388. The highest BCUT2D eigenvalue weighted by Gasteiger charge is 2.21. The van der Waals surface area contributed by atoms with Crippen LogP contribution in [0.4, 0.5) is 4.79 Å². The number of hydrogen-bond donors (Lipinski definition) is 2. The van der Waals surface area contributed by atoms with Crippen molar-refractivity contribution < 1.29 is 14.7 Å². The number of carboxylic acid groups (broad SMARTS) is 1. The molecule has 88 valence electrons. The van der Waals surface area contributed by atoms with Crippen LogP contribution >= 0.6 is 11.3 Å². The molecule has 0 saturated heterocycles. The van der Waals surface area contributed by atoms with Crippen LogP contribution in [0.25, 0.3) is 0 Å². The molecule has 2 amide bonds. The van der Waals surface area contributed by atoms with Crippen LogP contribution in [0, 0.1) is 0 Å². The van der Waals surface area contributed by atoms with Crippen LogP contribution in [0.5, 0.6) is 0 Å². The summed E-state index contributed by atoms with van der Waals surface area (Å²) in [7, 11) is 1.46. The van der Waals surface area contributed by atoms with Crippen molar-refractivity contribution in [3.05, 3.63) is 22.4 Å². The van der Waals surface area contributed by atoms with Crippen LogP contribution in [-0.2, 0) is 11.3 Å². The van der Waals surface area contributed by atoms with Crippen LogP contribution in [0.1, 0.15) is 12.5 Å². The van der Waals surface area contributed by atoms with Gasteiger partial charge >= 0.3 is 12.0 Å². The van der Waals surface area contributed by atoms with E-state index in [1.165, 1.54) is 14.0 Å². The third-order valence-electron chi connectivity index (χ3n) is 2.28. The molecule has 1 unspecified atom stereocenters. The van der Waals surface area contributed by atoms with Gasteiger partial charge in [0.25, 0.3) is 0 Å². The van der Waals surface area contributed by atoms with Crippen molar-refractivity contribution in [1.82, 2.24) is 10.2 Å². The second-order valence-corrected chi connectivity index (χ2v) is 4.20. The lowest BCUT2D eigenvalue weighted by Gasteiger charge is -2.21. The Labute approximate surface area is 97.7 Å². The lowest BCUT2D eigenvalue weighted by Crippen LogP contribution is -2.45. The minimum Gasteiger partial charge on any atom is -0.480 e. The Hall–Kier alpha value is -1.56. The zero-order valence-electron chi connectivity index (χ0n) is 9.14. The third kappa shape index (κ3) is 3.23. The second kappa shape index (κ2) is 5.50. The maximum Gasteiger partial charge on any atom is 0.326 e. The molecule has 0 bridgehead atoms. The van der Waals surface area contributed by atoms with Crippen molar-refractivity contribution in [3.63, 3.8) is 0 Å². The van der Waals surface area contributed by atoms with E-state index in [1.54, 1.807) is 11.3 Å². The first-order valence-electron chi connectivity index (χ1n) is 4.77. The summed E-state index contributed by atoms with van der Waals surface area (Å²) in [6.07, 6.45) is 0. The number of urea groups is 1. The van der Waals surface area contributed by atoms with Gasteiger partial charge in [-0.1, -0.05) is 0 Å². The van der Waals surface area contributed by atoms with Gasteiger partial charge in [0.1, 0.15) is 6.04 Å². The number of aliphatic carboxylic acids is 1. The molecule has 1 heterocycles. The lowest BCUT2D eigenvalue weighted by molar-refractivity contribution is -0.141. The Morgan fingerprint density at radius 2 is 2.31 bits per heavy atom. The van der Waals surface area contributed by atoms with Gasteiger partial charge in [0.15, 0.2) is 0 Å². The number of nitrogens with one attached hydrogen (secondary N) is 1. The Kier molecular flexibility index (Phi) is 4.30. The van der Waals surface area contributed by atoms with Gasteiger partial charge in [-0.3, -0.25) is 0 Å². The number of amides is 2. The summed E-state index contributed by atoms with van der Waals surface area (Å²) in [5.74, 6) is -1.02. The number of nitrogens with zero attached hydrogens (tertiary/aromatic N) is 1. The smallest absolute Gasteiger partial charge is 0.326 e. The van der Waals surface area contributed by atoms with E-state index in [4.69, 9.17) is 5.11 Å². The number of carbonyl (C=O) groups is 2. The summed E-state index contributed by atoms with van der Waals surface area (Å²) < 4.78 is 0. The zero-order valence-corrected chi connectivity index (χ0v) is 9.95. The zero-order chi connectivity index (χ0) is 12.1. The SMILES string of the molecule is CC(C(=O)O)N(C)C(=O)NCc1ccsc1. The van der Waals surface area contributed by atoms with Crippen molar-refractivity contribution in [2.75, 3.05) is 7.05 Å². The summed E-state index contributed by atoms with van der Waals surface area (Å²) in [6.45, 7) is 1.88. The lowest BCUT2D eigenvalue weighted by atomic mass is 10.3. The van der Waals surface area contributed by atoms with Gasteiger partial charge in [0.05, 0.1) is 0 Å². The Bertz CT molecular complexity index is 364. The van der Waals surface area contributed by atoms with Gasteiger partial charge in [0, 0.05) is 13.6 Å². The monoisotopic (exact) mass is 242 g/mol. The maximum absolute atomic E-state index is 11.5. The van der Waals surface area contributed by atoms with E-state index in [-0.39, 0.29) is 6.03 Å². The number of likely N-dealkylation sites (N-methyl/N-ethyl adjacent to an activating group) is 1. The molecule has 5 nitrogen and oxygen atoms in total. The largest absolute Gasteiger partial charge is 0.480 e. The fraction of sp³-hybridized carbons (Fsp3) is 0.400. The Morgan fingerprint density at radius 1 is 1.62 bits per heavy atom. The molecule has 1 atom stereocenters. The minimum atomic E-state index is -1.02. The molecule has 0 aliphatic carbocycles. The highest BCUT2D eigenvalue weighted by molar-refractivity contribution is 7.07. The average molecular weight is 242 g/mol. The van der Waals surface area contributed by atoms with E-state index in [1.807, 2.05) is 16.8 Å². The number of hydrogen-bond acceptors (Lipinski definition) is 3. The summed E-state index contributed by atoms with van der Waals surface area (Å²) in [4.78, 5) is 23.4. The number of thiophene rings is 1. The maximum atomic E-state index is 11.5. The van der Waals surface area contributed by atoms with Crippen LogP contribution in [0.3, 0.4) is 0 Å². The third-order valence-corrected chi connectivity index (χ3v) is 3.01. The first-order valence-corrected chi connectivity index (χ1v) is 5.71. The molecule has 1 rings (SSSR count). The summed E-state index contributed by atoms with van der Waals surface area (Å²) >= 11 is 1.55. The standard InChI is InChI=1S/C10H14N2O3S/c1-7(9(13)14)12(2)10(15)11-5-8-3-4-16-6-8/h3-4,6-7H,5H2,1-2H3,(H,11,15)(H,13,14). The highest BCUT2D eigenvalue weighted by Crippen LogP contribution is 2.05. The van der Waals surface area contributed by atoms with Crippen LogP contribution in [0.2, 0.25) is 0 Å². The van der Waals surface area contributed by atoms with E-state index in [9.17, 15) is 9.59 Å². The first kappa shape index (κ1) is 12.5. The van der Waals surface area contributed by atoms with E-state index in [0.717, 1.165) is 10.5 Å². The van der Waals surface area contributed by atoms with Crippen molar-refractivity contribution in [3.8, 4) is 0 Å². The number of carbonyl (C=O) groups excluding carboxylic acids is 1. The van der Waals surface area contributed by atoms with Crippen molar-refractivity contribution in [2.45, 2.75) is 19.5 Å². The predicted molar refractivity (Wildman–Crippen MR) is 61.4 cm³/mol. The topological polar surface area (TPSA) is 69.6 Å². The van der Waals surface area contributed by atoms with E-state index >= 15 is 0 Å². The van der Waals surface area contributed by atoms with E-state index in [0.29, 0.717) is 6.54 Å². The van der Waals surface area contributed by atoms with Crippen molar-refractivity contribution in [2.24, 2.45) is 0 Å². The molecule has 0 aliphatic heterocycles.